The Bertz CT molecular complexity index is 476. The number of nitrogens with zero attached hydrogens (tertiary/aromatic N) is 1. The fraction of sp³-hybridized carbons (Fsp3) is 0.500. The zero-order valence-corrected chi connectivity index (χ0v) is 10.4. The van der Waals surface area contributed by atoms with E-state index >= 15 is 0 Å². The third kappa shape index (κ3) is 4.03. The molecule has 1 heterocycles. The molecule has 0 fully saturated rings. The lowest BCUT2D eigenvalue weighted by molar-refractivity contribution is 0.175. The molecule has 2 atom stereocenters. The number of aromatic nitrogens is 1. The number of sulfonamides is 1. The molecule has 2 unspecified atom stereocenters. The summed E-state index contributed by atoms with van der Waals surface area (Å²) in [6.45, 7) is 3.14. The van der Waals surface area contributed by atoms with E-state index in [1.807, 2.05) is 0 Å². The molecule has 0 aromatic carbocycles. The Labute approximate surface area is 99.7 Å². The van der Waals surface area contributed by atoms with Gasteiger partial charge in [-0.3, -0.25) is 0 Å². The molecule has 0 radical (unpaired) electrons. The van der Waals surface area contributed by atoms with E-state index in [1.54, 1.807) is 13.8 Å². The van der Waals surface area contributed by atoms with Crippen molar-refractivity contribution >= 4 is 10.0 Å². The highest BCUT2D eigenvalue weighted by molar-refractivity contribution is 7.89. The molecular weight excluding hydrogens is 247 g/mol. The zero-order valence-electron chi connectivity index (χ0n) is 9.59. The number of aliphatic hydroxyl groups is 1. The fourth-order valence-corrected chi connectivity index (χ4v) is 2.71. The van der Waals surface area contributed by atoms with Crippen molar-refractivity contribution < 1.29 is 17.9 Å². The van der Waals surface area contributed by atoms with E-state index in [-0.39, 0.29) is 6.42 Å². The summed E-state index contributed by atoms with van der Waals surface area (Å²) in [6.07, 6.45) is 0.811. The van der Waals surface area contributed by atoms with Crippen LogP contribution in [0.1, 0.15) is 20.3 Å². The first-order chi connectivity index (χ1) is 7.83. The highest BCUT2D eigenvalue weighted by atomic mass is 32.2. The van der Waals surface area contributed by atoms with Gasteiger partial charge in [0.1, 0.15) is 0 Å². The van der Waals surface area contributed by atoms with Crippen molar-refractivity contribution in [3.05, 3.63) is 24.1 Å². The molecule has 0 aliphatic rings. The van der Waals surface area contributed by atoms with Gasteiger partial charge in [0.2, 0.25) is 5.03 Å². The Balaban J connectivity index is 2.86. The number of nitrogens with one attached hydrogen (secondary N) is 1. The molecule has 1 aromatic heterocycles. The highest BCUT2D eigenvalue weighted by Gasteiger charge is 2.22. The molecule has 1 aromatic rings. The largest absolute Gasteiger partial charge is 0.393 e. The molecule has 0 saturated heterocycles. The maximum absolute atomic E-state index is 13.3. The number of hydrogen-bond acceptors (Lipinski definition) is 4. The predicted molar refractivity (Wildman–Crippen MR) is 60.3 cm³/mol. The van der Waals surface area contributed by atoms with Gasteiger partial charge in [-0.15, -0.1) is 0 Å². The van der Waals surface area contributed by atoms with Crippen LogP contribution in [0.15, 0.2) is 23.4 Å². The van der Waals surface area contributed by atoms with Crippen LogP contribution in [0.25, 0.3) is 0 Å². The van der Waals surface area contributed by atoms with Gasteiger partial charge in [-0.05, 0) is 32.4 Å². The molecule has 96 valence electrons. The lowest BCUT2D eigenvalue weighted by Crippen LogP contribution is -2.35. The van der Waals surface area contributed by atoms with Gasteiger partial charge in [0.05, 0.1) is 6.10 Å². The molecule has 0 aliphatic heterocycles. The molecule has 0 spiro atoms. The van der Waals surface area contributed by atoms with E-state index in [1.165, 1.54) is 12.3 Å². The van der Waals surface area contributed by atoms with Gasteiger partial charge < -0.3 is 5.11 Å². The first-order valence-corrected chi connectivity index (χ1v) is 6.62. The molecular formula is C10H15FN2O3S. The van der Waals surface area contributed by atoms with Gasteiger partial charge in [-0.25, -0.2) is 22.5 Å². The van der Waals surface area contributed by atoms with Crippen LogP contribution in [-0.2, 0) is 10.0 Å². The normalized spacial score (nSPS) is 15.5. The molecule has 2 N–H and O–H groups in total. The topological polar surface area (TPSA) is 79.3 Å². The standard InChI is InChI=1S/C10H15FN2O3S/c1-7(6-8(2)14)13-17(15,16)10-9(11)4-3-5-12-10/h3-5,7-8,13-14H,6H2,1-2H3. The third-order valence-electron chi connectivity index (χ3n) is 2.03. The second kappa shape index (κ2) is 5.52. The van der Waals surface area contributed by atoms with E-state index in [2.05, 4.69) is 9.71 Å². The van der Waals surface area contributed by atoms with Crippen molar-refractivity contribution in [1.29, 1.82) is 0 Å². The fourth-order valence-electron chi connectivity index (χ4n) is 1.45. The summed E-state index contributed by atoms with van der Waals surface area (Å²) >= 11 is 0. The Kier molecular flexibility index (Phi) is 4.55. The molecule has 5 nitrogen and oxygen atoms in total. The van der Waals surface area contributed by atoms with Gasteiger partial charge in [-0.1, -0.05) is 0 Å². The smallest absolute Gasteiger partial charge is 0.261 e. The quantitative estimate of drug-likeness (QED) is 0.817. The molecule has 1 rings (SSSR count). The summed E-state index contributed by atoms with van der Waals surface area (Å²) in [5.74, 6) is -0.899. The second-order valence-electron chi connectivity index (χ2n) is 3.90. The second-order valence-corrected chi connectivity index (χ2v) is 5.53. The van der Waals surface area contributed by atoms with Gasteiger partial charge in [0, 0.05) is 12.2 Å². The number of hydrogen-bond donors (Lipinski definition) is 2. The van der Waals surface area contributed by atoms with Crippen molar-refractivity contribution in [3.8, 4) is 0 Å². The average molecular weight is 262 g/mol. The first kappa shape index (κ1) is 14.0. The van der Waals surface area contributed by atoms with Gasteiger partial charge in [0.25, 0.3) is 10.0 Å². The van der Waals surface area contributed by atoms with Gasteiger partial charge >= 0.3 is 0 Å². The van der Waals surface area contributed by atoms with E-state index in [9.17, 15) is 12.8 Å². The first-order valence-electron chi connectivity index (χ1n) is 5.14. The lowest BCUT2D eigenvalue weighted by atomic mass is 10.2. The van der Waals surface area contributed by atoms with Crippen molar-refractivity contribution in [1.82, 2.24) is 9.71 Å². The zero-order chi connectivity index (χ0) is 13.1. The average Bonchev–Trinajstić information content (AvgIpc) is 2.15. The molecule has 0 aliphatic carbocycles. The van der Waals surface area contributed by atoms with Crippen LogP contribution in [-0.4, -0.2) is 30.7 Å². The predicted octanol–water partition coefficient (Wildman–Crippen LogP) is 0.658. The summed E-state index contributed by atoms with van der Waals surface area (Å²) in [7, 11) is -3.98. The van der Waals surface area contributed by atoms with E-state index in [0.717, 1.165) is 6.07 Å². The summed E-state index contributed by atoms with van der Waals surface area (Å²) < 4.78 is 39.0. The van der Waals surface area contributed by atoms with Crippen molar-refractivity contribution in [2.45, 2.75) is 37.4 Å². The number of pyridine rings is 1. The minimum Gasteiger partial charge on any atom is -0.393 e. The maximum Gasteiger partial charge on any atom is 0.261 e. The lowest BCUT2D eigenvalue weighted by Gasteiger charge is -2.15. The highest BCUT2D eigenvalue weighted by Crippen LogP contribution is 2.11. The van der Waals surface area contributed by atoms with Crippen molar-refractivity contribution in [2.24, 2.45) is 0 Å². The molecule has 17 heavy (non-hydrogen) atoms. The summed E-state index contributed by atoms with van der Waals surface area (Å²) in [5, 5.41) is 8.49. The molecule has 0 amide bonds. The SMILES string of the molecule is CC(O)CC(C)NS(=O)(=O)c1ncccc1F. The van der Waals surface area contributed by atoms with E-state index in [0.29, 0.717) is 0 Å². The number of halogens is 1. The number of aliphatic hydroxyl groups excluding tert-OH is 1. The van der Waals surface area contributed by atoms with Crippen LogP contribution in [0.2, 0.25) is 0 Å². The monoisotopic (exact) mass is 262 g/mol. The van der Waals surface area contributed by atoms with Crippen molar-refractivity contribution in [2.75, 3.05) is 0 Å². The summed E-state index contributed by atoms with van der Waals surface area (Å²) in [5.41, 5.74) is 0. The van der Waals surface area contributed by atoms with Crippen LogP contribution >= 0.6 is 0 Å². The Morgan fingerprint density at radius 2 is 2.18 bits per heavy atom. The molecule has 0 saturated carbocycles. The summed E-state index contributed by atoms with van der Waals surface area (Å²) in [4.78, 5) is 3.49. The van der Waals surface area contributed by atoms with Crippen LogP contribution in [0, 0.1) is 5.82 Å². The van der Waals surface area contributed by atoms with Gasteiger partial charge in [0.15, 0.2) is 5.82 Å². The third-order valence-corrected chi connectivity index (χ3v) is 3.55. The Morgan fingerprint density at radius 3 is 2.71 bits per heavy atom. The van der Waals surface area contributed by atoms with Crippen LogP contribution < -0.4 is 4.72 Å². The maximum atomic E-state index is 13.3. The van der Waals surface area contributed by atoms with Crippen LogP contribution in [0.5, 0.6) is 0 Å². The molecule has 0 bridgehead atoms. The Hall–Kier alpha value is -1.05. The van der Waals surface area contributed by atoms with Gasteiger partial charge in [-0.2, -0.15) is 0 Å². The number of rotatable bonds is 5. The van der Waals surface area contributed by atoms with Crippen LogP contribution in [0.3, 0.4) is 0 Å². The Morgan fingerprint density at radius 1 is 1.53 bits per heavy atom. The van der Waals surface area contributed by atoms with Crippen molar-refractivity contribution in [3.63, 3.8) is 0 Å². The molecule has 7 heteroatoms. The van der Waals surface area contributed by atoms with E-state index < -0.39 is 33.0 Å². The minimum absolute atomic E-state index is 0.244. The van der Waals surface area contributed by atoms with Crippen LogP contribution in [0.4, 0.5) is 4.39 Å². The minimum atomic E-state index is -3.98. The van der Waals surface area contributed by atoms with E-state index in [4.69, 9.17) is 5.11 Å². The summed E-state index contributed by atoms with van der Waals surface area (Å²) in [6, 6.07) is 1.84.